The van der Waals surface area contributed by atoms with Gasteiger partial charge in [-0.3, -0.25) is 0 Å². The van der Waals surface area contributed by atoms with Gasteiger partial charge < -0.3 is 10.6 Å². The Morgan fingerprint density at radius 3 is 2.53 bits per heavy atom. The lowest BCUT2D eigenvalue weighted by atomic mass is 10.2. The second kappa shape index (κ2) is 6.31. The molecular weight excluding hydrogens is 310 g/mol. The Kier molecular flexibility index (Phi) is 5.33. The SMILES string of the molecule is N/C(=N\OC(=O)C(Cl)Cl)c1ccc(Cl)cc1Cl. The molecular formula is C9H6Cl4N2O2. The Balaban J connectivity index is 2.85. The summed E-state index contributed by atoms with van der Waals surface area (Å²) in [5.41, 5.74) is 5.93. The van der Waals surface area contributed by atoms with Crippen LogP contribution in [0.25, 0.3) is 0 Å². The van der Waals surface area contributed by atoms with Gasteiger partial charge in [-0.1, -0.05) is 51.6 Å². The molecule has 92 valence electrons. The van der Waals surface area contributed by atoms with Crippen LogP contribution >= 0.6 is 46.4 Å². The maximum atomic E-state index is 10.9. The van der Waals surface area contributed by atoms with Gasteiger partial charge in [0.2, 0.25) is 4.84 Å². The molecule has 0 saturated heterocycles. The lowest BCUT2D eigenvalue weighted by Gasteiger charge is -2.03. The predicted molar refractivity (Wildman–Crippen MR) is 68.8 cm³/mol. The van der Waals surface area contributed by atoms with Gasteiger partial charge in [-0.2, -0.15) is 0 Å². The number of alkyl halides is 2. The number of carbonyl (C=O) groups is 1. The number of hydrogen-bond acceptors (Lipinski definition) is 3. The summed E-state index contributed by atoms with van der Waals surface area (Å²) in [6.07, 6.45) is 0. The van der Waals surface area contributed by atoms with E-state index in [0.29, 0.717) is 10.6 Å². The summed E-state index contributed by atoms with van der Waals surface area (Å²) in [4.78, 5) is 14.0. The first kappa shape index (κ1) is 14.4. The fourth-order valence-corrected chi connectivity index (χ4v) is 1.47. The first-order valence-corrected chi connectivity index (χ1v) is 5.82. The molecule has 8 heteroatoms. The Labute approximate surface area is 117 Å². The van der Waals surface area contributed by atoms with E-state index in [2.05, 4.69) is 9.99 Å². The van der Waals surface area contributed by atoms with E-state index in [1.807, 2.05) is 0 Å². The molecule has 1 aromatic carbocycles. The molecule has 0 radical (unpaired) electrons. The fraction of sp³-hybridized carbons (Fsp3) is 0.111. The van der Waals surface area contributed by atoms with Crippen LogP contribution in [0.3, 0.4) is 0 Å². The Hall–Kier alpha value is -0.680. The molecule has 1 aromatic rings. The van der Waals surface area contributed by atoms with Crippen molar-refractivity contribution in [1.29, 1.82) is 0 Å². The van der Waals surface area contributed by atoms with Gasteiger partial charge in [0.1, 0.15) is 0 Å². The zero-order valence-corrected chi connectivity index (χ0v) is 11.2. The highest BCUT2D eigenvalue weighted by Gasteiger charge is 2.14. The second-order valence-corrected chi connectivity index (χ2v) is 4.75. The first-order chi connectivity index (χ1) is 7.91. The normalized spacial score (nSPS) is 11.7. The van der Waals surface area contributed by atoms with E-state index in [4.69, 9.17) is 52.1 Å². The zero-order chi connectivity index (χ0) is 13.0. The topological polar surface area (TPSA) is 64.7 Å². The summed E-state index contributed by atoms with van der Waals surface area (Å²) < 4.78 is 0. The zero-order valence-electron chi connectivity index (χ0n) is 8.16. The standard InChI is InChI=1S/C9H6Cl4N2O2/c10-4-1-2-5(6(11)3-4)8(14)15-17-9(16)7(12)13/h1-3,7H,(H2,14,15). The Bertz CT molecular complexity index is 462. The molecule has 17 heavy (non-hydrogen) atoms. The van der Waals surface area contributed by atoms with E-state index in [1.54, 1.807) is 6.07 Å². The van der Waals surface area contributed by atoms with Crippen molar-refractivity contribution >= 4 is 58.2 Å². The lowest BCUT2D eigenvalue weighted by molar-refractivity contribution is -0.141. The number of rotatable bonds is 3. The van der Waals surface area contributed by atoms with E-state index < -0.39 is 10.8 Å². The molecule has 0 amide bonds. The lowest BCUT2D eigenvalue weighted by Crippen LogP contribution is -2.17. The van der Waals surface area contributed by atoms with Crippen molar-refractivity contribution < 1.29 is 9.63 Å². The average molecular weight is 316 g/mol. The van der Waals surface area contributed by atoms with Crippen LogP contribution in [-0.4, -0.2) is 16.6 Å². The van der Waals surface area contributed by atoms with E-state index in [9.17, 15) is 4.79 Å². The highest BCUT2D eigenvalue weighted by Crippen LogP contribution is 2.20. The minimum Gasteiger partial charge on any atom is -0.380 e. The first-order valence-electron chi connectivity index (χ1n) is 4.19. The predicted octanol–water partition coefficient (Wildman–Crippen LogP) is 2.96. The third kappa shape index (κ3) is 4.24. The van der Waals surface area contributed by atoms with Gasteiger partial charge in [0.05, 0.1) is 5.02 Å². The fourth-order valence-electron chi connectivity index (χ4n) is 0.880. The number of hydrogen-bond donors (Lipinski definition) is 1. The Morgan fingerprint density at radius 2 is 2.00 bits per heavy atom. The molecule has 0 spiro atoms. The second-order valence-electron chi connectivity index (χ2n) is 2.81. The van der Waals surface area contributed by atoms with Crippen LogP contribution in [0.4, 0.5) is 0 Å². The molecule has 0 unspecified atom stereocenters. The van der Waals surface area contributed by atoms with Crippen molar-refractivity contribution in [3.63, 3.8) is 0 Å². The molecule has 0 aliphatic heterocycles. The smallest absolute Gasteiger partial charge is 0.367 e. The van der Waals surface area contributed by atoms with Gasteiger partial charge in [0.15, 0.2) is 5.84 Å². The monoisotopic (exact) mass is 314 g/mol. The molecule has 0 atom stereocenters. The summed E-state index contributed by atoms with van der Waals surface area (Å²) in [6, 6.07) is 4.59. The highest BCUT2D eigenvalue weighted by atomic mass is 35.5. The number of halogens is 4. The maximum absolute atomic E-state index is 10.9. The molecule has 4 nitrogen and oxygen atoms in total. The molecule has 1 rings (SSSR count). The number of carbonyl (C=O) groups excluding carboxylic acids is 1. The van der Waals surface area contributed by atoms with E-state index in [-0.39, 0.29) is 10.9 Å². The minimum atomic E-state index is -1.33. The Morgan fingerprint density at radius 1 is 1.35 bits per heavy atom. The van der Waals surface area contributed by atoms with Gasteiger partial charge in [-0.05, 0) is 18.2 Å². The van der Waals surface area contributed by atoms with Crippen molar-refractivity contribution in [2.75, 3.05) is 0 Å². The maximum Gasteiger partial charge on any atom is 0.367 e. The summed E-state index contributed by atoms with van der Waals surface area (Å²) in [5.74, 6) is -1.02. The van der Waals surface area contributed by atoms with E-state index >= 15 is 0 Å². The van der Waals surface area contributed by atoms with Crippen LogP contribution in [0.15, 0.2) is 23.4 Å². The van der Waals surface area contributed by atoms with Gasteiger partial charge in [-0.25, -0.2) is 4.79 Å². The van der Waals surface area contributed by atoms with Crippen LogP contribution < -0.4 is 5.73 Å². The van der Waals surface area contributed by atoms with Crippen molar-refractivity contribution in [2.24, 2.45) is 10.9 Å². The van der Waals surface area contributed by atoms with Gasteiger partial charge in [-0.15, -0.1) is 0 Å². The van der Waals surface area contributed by atoms with Crippen molar-refractivity contribution in [3.05, 3.63) is 33.8 Å². The van der Waals surface area contributed by atoms with Gasteiger partial charge in [0, 0.05) is 10.6 Å². The average Bonchev–Trinajstić information content (AvgIpc) is 2.25. The van der Waals surface area contributed by atoms with Crippen LogP contribution in [0.1, 0.15) is 5.56 Å². The van der Waals surface area contributed by atoms with Crippen LogP contribution in [-0.2, 0) is 9.63 Å². The van der Waals surface area contributed by atoms with Crippen LogP contribution in [0.5, 0.6) is 0 Å². The van der Waals surface area contributed by atoms with E-state index in [1.165, 1.54) is 12.1 Å². The third-order valence-electron chi connectivity index (χ3n) is 1.62. The summed E-state index contributed by atoms with van der Waals surface area (Å²) in [6.45, 7) is 0. The summed E-state index contributed by atoms with van der Waals surface area (Å²) in [5, 5.41) is 4.08. The number of benzene rings is 1. The number of amidine groups is 1. The van der Waals surface area contributed by atoms with Gasteiger partial charge in [0.25, 0.3) is 0 Å². The van der Waals surface area contributed by atoms with E-state index in [0.717, 1.165) is 0 Å². The van der Waals surface area contributed by atoms with Crippen molar-refractivity contribution in [2.45, 2.75) is 4.84 Å². The molecule has 0 heterocycles. The van der Waals surface area contributed by atoms with Crippen LogP contribution in [0, 0.1) is 0 Å². The molecule has 2 N–H and O–H groups in total. The third-order valence-corrected chi connectivity index (χ3v) is 2.52. The molecule has 0 aromatic heterocycles. The summed E-state index contributed by atoms with van der Waals surface area (Å²) >= 11 is 22.1. The number of nitrogens with two attached hydrogens (primary N) is 1. The van der Waals surface area contributed by atoms with Crippen molar-refractivity contribution in [3.8, 4) is 0 Å². The molecule has 0 aliphatic carbocycles. The number of oxime groups is 1. The number of nitrogens with zero attached hydrogens (tertiary/aromatic N) is 1. The van der Waals surface area contributed by atoms with Gasteiger partial charge >= 0.3 is 5.97 Å². The minimum absolute atomic E-state index is 0.0889. The molecule has 0 saturated carbocycles. The van der Waals surface area contributed by atoms with Crippen molar-refractivity contribution in [1.82, 2.24) is 0 Å². The van der Waals surface area contributed by atoms with Crippen LogP contribution in [0.2, 0.25) is 10.0 Å². The summed E-state index contributed by atoms with van der Waals surface area (Å²) in [7, 11) is 0. The molecule has 0 aliphatic rings. The largest absolute Gasteiger partial charge is 0.380 e. The quantitative estimate of drug-likeness (QED) is 0.306. The molecule has 0 bridgehead atoms. The molecule has 0 fully saturated rings. The highest BCUT2D eigenvalue weighted by molar-refractivity contribution is 6.52.